The summed E-state index contributed by atoms with van der Waals surface area (Å²) in [4.78, 5) is 34.8. The molecule has 4 rings (SSSR count). The van der Waals surface area contributed by atoms with Crippen LogP contribution in [0.5, 0.6) is 0 Å². The number of nitrogens with one attached hydrogen (secondary N) is 3. The highest BCUT2D eigenvalue weighted by molar-refractivity contribution is 7.99. The quantitative estimate of drug-likeness (QED) is 0.517. The third kappa shape index (κ3) is 3.38. The molecule has 0 unspecified atom stereocenters. The van der Waals surface area contributed by atoms with Gasteiger partial charge in [-0.2, -0.15) is 0 Å². The van der Waals surface area contributed by atoms with E-state index in [1.807, 2.05) is 30.3 Å². The second-order valence-corrected chi connectivity index (χ2v) is 6.63. The molecule has 3 N–H and O–H groups in total. The van der Waals surface area contributed by atoms with Gasteiger partial charge >= 0.3 is 5.69 Å². The van der Waals surface area contributed by atoms with E-state index in [0.717, 1.165) is 4.90 Å². The number of anilines is 1. The van der Waals surface area contributed by atoms with Crippen LogP contribution in [0.4, 0.5) is 5.69 Å². The summed E-state index contributed by atoms with van der Waals surface area (Å²) in [6.07, 6.45) is 1.67. The van der Waals surface area contributed by atoms with E-state index in [2.05, 4.69) is 20.3 Å². The van der Waals surface area contributed by atoms with Gasteiger partial charge in [-0.05, 0) is 42.5 Å². The van der Waals surface area contributed by atoms with E-state index in [1.165, 1.54) is 11.8 Å². The fraction of sp³-hybridized carbons (Fsp3) is 0. The SMILES string of the molecule is O=C(Nc1ccc2[nH]c(=O)[nH]c2c1)c1cccnc1Sc1ccccc1. The monoisotopic (exact) mass is 362 g/mol. The Morgan fingerprint density at radius 3 is 2.62 bits per heavy atom. The summed E-state index contributed by atoms with van der Waals surface area (Å²) < 4.78 is 0. The minimum Gasteiger partial charge on any atom is -0.322 e. The lowest BCUT2D eigenvalue weighted by atomic mass is 10.2. The van der Waals surface area contributed by atoms with Crippen molar-refractivity contribution in [2.75, 3.05) is 5.32 Å². The van der Waals surface area contributed by atoms with E-state index in [1.54, 1.807) is 36.5 Å². The number of nitrogens with zero attached hydrogens (tertiary/aromatic N) is 1. The maximum atomic E-state index is 12.7. The third-order valence-electron chi connectivity index (χ3n) is 3.75. The molecule has 0 radical (unpaired) electrons. The molecule has 0 bridgehead atoms. The highest BCUT2D eigenvalue weighted by Gasteiger charge is 2.14. The number of fused-ring (bicyclic) bond motifs is 1. The summed E-state index contributed by atoms with van der Waals surface area (Å²) in [6, 6.07) is 18.4. The fourth-order valence-corrected chi connectivity index (χ4v) is 3.45. The molecule has 0 spiro atoms. The lowest BCUT2D eigenvalue weighted by molar-refractivity contribution is 0.102. The van der Waals surface area contributed by atoms with Crippen molar-refractivity contribution in [3.05, 3.63) is 82.9 Å². The lowest BCUT2D eigenvalue weighted by Crippen LogP contribution is -2.13. The van der Waals surface area contributed by atoms with E-state index >= 15 is 0 Å². The third-order valence-corrected chi connectivity index (χ3v) is 4.77. The van der Waals surface area contributed by atoms with E-state index in [9.17, 15) is 9.59 Å². The minimum absolute atomic E-state index is 0.256. The van der Waals surface area contributed by atoms with Gasteiger partial charge in [-0.1, -0.05) is 30.0 Å². The Kier molecular flexibility index (Phi) is 4.28. The molecule has 1 amide bonds. The van der Waals surface area contributed by atoms with Crippen molar-refractivity contribution in [1.82, 2.24) is 15.0 Å². The van der Waals surface area contributed by atoms with E-state index in [-0.39, 0.29) is 11.6 Å². The normalized spacial score (nSPS) is 10.8. The second-order valence-electron chi connectivity index (χ2n) is 5.56. The van der Waals surface area contributed by atoms with Gasteiger partial charge in [-0.25, -0.2) is 9.78 Å². The van der Waals surface area contributed by atoms with Gasteiger partial charge in [0.25, 0.3) is 5.91 Å². The number of carbonyl (C=O) groups is 1. The van der Waals surface area contributed by atoms with Gasteiger partial charge in [0.2, 0.25) is 0 Å². The summed E-state index contributed by atoms with van der Waals surface area (Å²) in [6.45, 7) is 0. The van der Waals surface area contributed by atoms with Crippen LogP contribution in [-0.4, -0.2) is 20.9 Å². The zero-order chi connectivity index (χ0) is 17.9. The molecule has 2 aromatic carbocycles. The molecule has 0 atom stereocenters. The standard InChI is InChI=1S/C19H14N4O2S/c24-17(21-12-8-9-15-16(11-12)23-19(25)22-15)14-7-4-10-20-18(14)26-13-5-2-1-3-6-13/h1-11H,(H,21,24)(H2,22,23,25). The first-order chi connectivity index (χ1) is 12.7. The van der Waals surface area contributed by atoms with Gasteiger partial charge in [0.15, 0.2) is 0 Å². The second kappa shape index (κ2) is 6.89. The fourth-order valence-electron chi connectivity index (χ4n) is 2.55. The topological polar surface area (TPSA) is 90.6 Å². The Balaban J connectivity index is 1.60. The predicted octanol–water partition coefficient (Wildman–Crippen LogP) is 3.65. The van der Waals surface area contributed by atoms with Crippen LogP contribution in [0.15, 0.2) is 81.6 Å². The number of benzene rings is 2. The van der Waals surface area contributed by atoms with Crippen LogP contribution >= 0.6 is 11.8 Å². The maximum Gasteiger partial charge on any atom is 0.323 e. The average Bonchev–Trinajstić information content (AvgIpc) is 3.02. The predicted molar refractivity (Wildman–Crippen MR) is 102 cm³/mol. The molecular weight excluding hydrogens is 348 g/mol. The minimum atomic E-state index is -0.280. The first-order valence-electron chi connectivity index (χ1n) is 7.90. The zero-order valence-corrected chi connectivity index (χ0v) is 14.3. The van der Waals surface area contributed by atoms with Gasteiger partial charge in [0.05, 0.1) is 16.6 Å². The molecule has 0 aliphatic carbocycles. The van der Waals surface area contributed by atoms with Crippen molar-refractivity contribution < 1.29 is 4.79 Å². The molecule has 4 aromatic rings. The van der Waals surface area contributed by atoms with Gasteiger partial charge in [0.1, 0.15) is 5.03 Å². The Morgan fingerprint density at radius 1 is 0.962 bits per heavy atom. The van der Waals surface area contributed by atoms with Crippen molar-refractivity contribution in [2.24, 2.45) is 0 Å². The highest BCUT2D eigenvalue weighted by atomic mass is 32.2. The smallest absolute Gasteiger partial charge is 0.322 e. The molecular formula is C19H14N4O2S. The summed E-state index contributed by atoms with van der Waals surface area (Å²) >= 11 is 1.43. The highest BCUT2D eigenvalue weighted by Crippen LogP contribution is 2.28. The number of aromatic nitrogens is 3. The zero-order valence-electron chi connectivity index (χ0n) is 13.5. The van der Waals surface area contributed by atoms with Crippen molar-refractivity contribution >= 4 is 34.4 Å². The number of imidazole rings is 1. The molecule has 0 fully saturated rings. The number of rotatable bonds is 4. The number of amides is 1. The van der Waals surface area contributed by atoms with E-state index in [4.69, 9.17) is 0 Å². The number of H-pyrrole nitrogens is 2. The molecule has 0 saturated heterocycles. The first kappa shape index (κ1) is 16.2. The number of hydrogen-bond donors (Lipinski definition) is 3. The van der Waals surface area contributed by atoms with E-state index in [0.29, 0.717) is 27.3 Å². The molecule has 2 heterocycles. The number of pyridine rings is 1. The Labute approximate surface area is 152 Å². The van der Waals surface area contributed by atoms with Crippen LogP contribution in [-0.2, 0) is 0 Å². The summed E-state index contributed by atoms with van der Waals surface area (Å²) in [7, 11) is 0. The van der Waals surface area contributed by atoms with Crippen LogP contribution < -0.4 is 11.0 Å². The Morgan fingerprint density at radius 2 is 1.77 bits per heavy atom. The van der Waals surface area contributed by atoms with Crippen LogP contribution in [0.2, 0.25) is 0 Å². The molecule has 26 heavy (non-hydrogen) atoms. The van der Waals surface area contributed by atoms with Crippen LogP contribution in [0.25, 0.3) is 11.0 Å². The lowest BCUT2D eigenvalue weighted by Gasteiger charge is -2.09. The number of carbonyl (C=O) groups excluding carboxylic acids is 1. The maximum absolute atomic E-state index is 12.7. The molecule has 2 aromatic heterocycles. The molecule has 0 aliphatic rings. The van der Waals surface area contributed by atoms with Crippen LogP contribution in [0, 0.1) is 0 Å². The molecule has 128 valence electrons. The molecule has 0 aliphatic heterocycles. The first-order valence-corrected chi connectivity index (χ1v) is 8.72. The van der Waals surface area contributed by atoms with Crippen molar-refractivity contribution in [3.63, 3.8) is 0 Å². The van der Waals surface area contributed by atoms with Gasteiger partial charge < -0.3 is 15.3 Å². The van der Waals surface area contributed by atoms with Crippen molar-refractivity contribution in [1.29, 1.82) is 0 Å². The average molecular weight is 362 g/mol. The van der Waals surface area contributed by atoms with Crippen molar-refractivity contribution in [3.8, 4) is 0 Å². The van der Waals surface area contributed by atoms with Crippen molar-refractivity contribution in [2.45, 2.75) is 9.92 Å². The Hall–Kier alpha value is -3.32. The summed E-state index contributed by atoms with van der Waals surface area (Å²) in [5.41, 5.74) is 2.13. The molecule has 7 heteroatoms. The summed E-state index contributed by atoms with van der Waals surface area (Å²) in [5, 5.41) is 3.49. The van der Waals surface area contributed by atoms with Crippen LogP contribution in [0.1, 0.15) is 10.4 Å². The van der Waals surface area contributed by atoms with E-state index < -0.39 is 0 Å². The largest absolute Gasteiger partial charge is 0.323 e. The number of aromatic amines is 2. The summed E-state index contributed by atoms with van der Waals surface area (Å²) in [5.74, 6) is -0.256. The van der Waals surface area contributed by atoms with Gasteiger partial charge in [-0.15, -0.1) is 0 Å². The molecule has 0 saturated carbocycles. The Bertz CT molecular complexity index is 1130. The molecule has 6 nitrogen and oxygen atoms in total. The number of hydrogen-bond acceptors (Lipinski definition) is 4. The van der Waals surface area contributed by atoms with Crippen LogP contribution in [0.3, 0.4) is 0 Å². The van der Waals surface area contributed by atoms with Gasteiger partial charge in [-0.3, -0.25) is 4.79 Å². The van der Waals surface area contributed by atoms with Gasteiger partial charge in [0, 0.05) is 16.8 Å².